The molecular weight excluding hydrogens is 264 g/mol. The Hall–Kier alpha value is -2.29. The molecule has 110 valence electrons. The Bertz CT molecular complexity index is 649. The minimum atomic E-state index is -1.30. The Kier molecular flexibility index (Phi) is 4.03. The second-order valence-corrected chi connectivity index (χ2v) is 6.14. The van der Waals surface area contributed by atoms with Gasteiger partial charge in [0.2, 0.25) is 0 Å². The lowest BCUT2D eigenvalue weighted by Crippen LogP contribution is -2.10. The SMILES string of the molecule is Cc1cccc(OC(=O)O)c1-c1ccc(C(C)(C)C)cc1. The molecule has 0 fully saturated rings. The molecule has 0 aliphatic heterocycles. The van der Waals surface area contributed by atoms with Gasteiger partial charge < -0.3 is 9.84 Å². The van der Waals surface area contributed by atoms with E-state index in [9.17, 15) is 4.79 Å². The van der Waals surface area contributed by atoms with E-state index in [0.29, 0.717) is 5.75 Å². The van der Waals surface area contributed by atoms with Crippen molar-refractivity contribution in [3.63, 3.8) is 0 Å². The van der Waals surface area contributed by atoms with Crippen LogP contribution in [0.2, 0.25) is 0 Å². The highest BCUT2D eigenvalue weighted by atomic mass is 16.7. The predicted molar refractivity (Wildman–Crippen MR) is 84.0 cm³/mol. The third-order valence-electron chi connectivity index (χ3n) is 3.47. The summed E-state index contributed by atoms with van der Waals surface area (Å²) in [6.45, 7) is 8.43. The molecule has 0 bridgehead atoms. The van der Waals surface area contributed by atoms with E-state index in [4.69, 9.17) is 9.84 Å². The Labute approximate surface area is 125 Å². The highest BCUT2D eigenvalue weighted by molar-refractivity contribution is 5.77. The van der Waals surface area contributed by atoms with Crippen molar-refractivity contribution in [1.82, 2.24) is 0 Å². The van der Waals surface area contributed by atoms with Crippen LogP contribution in [-0.2, 0) is 5.41 Å². The highest BCUT2D eigenvalue weighted by Crippen LogP contribution is 2.34. The summed E-state index contributed by atoms with van der Waals surface area (Å²) in [6.07, 6.45) is -1.30. The molecule has 2 aromatic carbocycles. The minimum Gasteiger partial charge on any atom is -0.449 e. The molecule has 0 aromatic heterocycles. The van der Waals surface area contributed by atoms with E-state index < -0.39 is 6.16 Å². The number of rotatable bonds is 2. The summed E-state index contributed by atoms with van der Waals surface area (Å²) in [5, 5.41) is 8.86. The summed E-state index contributed by atoms with van der Waals surface area (Å²) in [7, 11) is 0. The van der Waals surface area contributed by atoms with Gasteiger partial charge in [-0.15, -0.1) is 0 Å². The van der Waals surface area contributed by atoms with E-state index in [0.717, 1.165) is 16.7 Å². The number of hydrogen-bond acceptors (Lipinski definition) is 2. The zero-order valence-electron chi connectivity index (χ0n) is 12.8. The largest absolute Gasteiger partial charge is 0.511 e. The Balaban J connectivity index is 2.49. The topological polar surface area (TPSA) is 46.5 Å². The minimum absolute atomic E-state index is 0.0880. The summed E-state index contributed by atoms with van der Waals surface area (Å²) in [4.78, 5) is 10.8. The lowest BCUT2D eigenvalue weighted by Gasteiger charge is -2.19. The van der Waals surface area contributed by atoms with Gasteiger partial charge in [-0.1, -0.05) is 57.2 Å². The number of hydrogen-bond donors (Lipinski definition) is 1. The van der Waals surface area contributed by atoms with E-state index in [-0.39, 0.29) is 5.41 Å². The molecule has 2 rings (SSSR count). The number of aryl methyl sites for hydroxylation is 1. The van der Waals surface area contributed by atoms with Crippen molar-refractivity contribution in [1.29, 1.82) is 0 Å². The van der Waals surface area contributed by atoms with Crippen LogP contribution in [0.15, 0.2) is 42.5 Å². The number of carboxylic acid groups (broad SMARTS) is 1. The summed E-state index contributed by atoms with van der Waals surface area (Å²) < 4.78 is 4.89. The van der Waals surface area contributed by atoms with Gasteiger partial charge in [-0.2, -0.15) is 0 Å². The molecule has 0 unspecified atom stereocenters. The molecule has 0 amide bonds. The van der Waals surface area contributed by atoms with Gasteiger partial charge in [-0.05, 0) is 35.1 Å². The van der Waals surface area contributed by atoms with Gasteiger partial charge in [-0.25, -0.2) is 4.79 Å². The average molecular weight is 284 g/mol. The van der Waals surface area contributed by atoms with Gasteiger partial charge in [0.05, 0.1) is 0 Å². The summed E-state index contributed by atoms with van der Waals surface area (Å²) in [6, 6.07) is 13.6. The summed E-state index contributed by atoms with van der Waals surface area (Å²) >= 11 is 0. The lowest BCUT2D eigenvalue weighted by atomic mass is 9.86. The molecule has 0 aliphatic carbocycles. The van der Waals surface area contributed by atoms with Crippen LogP contribution in [0, 0.1) is 6.92 Å². The first kappa shape index (κ1) is 15.1. The molecule has 21 heavy (non-hydrogen) atoms. The van der Waals surface area contributed by atoms with Crippen LogP contribution < -0.4 is 4.74 Å². The van der Waals surface area contributed by atoms with E-state index in [1.807, 2.05) is 25.1 Å². The van der Waals surface area contributed by atoms with Gasteiger partial charge in [0.15, 0.2) is 0 Å². The Morgan fingerprint density at radius 2 is 1.67 bits per heavy atom. The van der Waals surface area contributed by atoms with Crippen molar-refractivity contribution in [3.05, 3.63) is 53.6 Å². The fourth-order valence-corrected chi connectivity index (χ4v) is 2.33. The van der Waals surface area contributed by atoms with E-state index in [1.165, 1.54) is 5.56 Å². The molecule has 0 aliphatic rings. The first-order valence-electron chi connectivity index (χ1n) is 6.90. The van der Waals surface area contributed by atoms with Crippen LogP contribution >= 0.6 is 0 Å². The molecule has 2 aromatic rings. The summed E-state index contributed by atoms with van der Waals surface area (Å²) in [5.74, 6) is 0.367. The van der Waals surface area contributed by atoms with Crippen LogP contribution in [0.25, 0.3) is 11.1 Å². The number of carbonyl (C=O) groups is 1. The molecule has 0 radical (unpaired) electrons. The van der Waals surface area contributed by atoms with Gasteiger partial charge >= 0.3 is 6.16 Å². The van der Waals surface area contributed by atoms with Crippen LogP contribution in [0.4, 0.5) is 4.79 Å². The Morgan fingerprint density at radius 1 is 1.05 bits per heavy atom. The fraction of sp³-hybridized carbons (Fsp3) is 0.278. The Morgan fingerprint density at radius 3 is 2.19 bits per heavy atom. The van der Waals surface area contributed by atoms with E-state index >= 15 is 0 Å². The van der Waals surface area contributed by atoms with Crippen LogP contribution in [0.3, 0.4) is 0 Å². The maximum atomic E-state index is 10.8. The quantitative estimate of drug-likeness (QED) is 0.622. The lowest BCUT2D eigenvalue weighted by molar-refractivity contribution is 0.144. The average Bonchev–Trinajstić information content (AvgIpc) is 2.37. The fourth-order valence-electron chi connectivity index (χ4n) is 2.33. The van der Waals surface area contributed by atoms with Crippen LogP contribution in [0.5, 0.6) is 5.75 Å². The smallest absolute Gasteiger partial charge is 0.449 e. The van der Waals surface area contributed by atoms with Crippen molar-refractivity contribution in [2.24, 2.45) is 0 Å². The van der Waals surface area contributed by atoms with Gasteiger partial charge in [-0.3, -0.25) is 0 Å². The maximum absolute atomic E-state index is 10.8. The second-order valence-electron chi connectivity index (χ2n) is 6.14. The van der Waals surface area contributed by atoms with Crippen molar-refractivity contribution in [2.45, 2.75) is 33.1 Å². The van der Waals surface area contributed by atoms with Crippen LogP contribution in [-0.4, -0.2) is 11.3 Å². The first-order chi connectivity index (χ1) is 9.79. The molecule has 0 spiro atoms. The van der Waals surface area contributed by atoms with Gasteiger partial charge in [0.25, 0.3) is 0 Å². The van der Waals surface area contributed by atoms with Gasteiger partial charge in [0.1, 0.15) is 5.75 Å². The molecule has 0 saturated heterocycles. The summed E-state index contributed by atoms with van der Waals surface area (Å²) in [5.41, 5.74) is 4.08. The molecule has 1 N–H and O–H groups in total. The third kappa shape index (κ3) is 3.43. The molecule has 3 heteroatoms. The number of benzene rings is 2. The standard InChI is InChI=1S/C18H20O3/c1-12-6-5-7-15(21-17(19)20)16(12)13-8-10-14(11-9-13)18(2,3)4/h5-11H,1-4H3,(H,19,20). The normalized spacial score (nSPS) is 11.2. The van der Waals surface area contributed by atoms with E-state index in [1.54, 1.807) is 12.1 Å². The van der Waals surface area contributed by atoms with Crippen molar-refractivity contribution < 1.29 is 14.6 Å². The second kappa shape index (κ2) is 5.60. The molecule has 0 saturated carbocycles. The molecule has 0 heterocycles. The first-order valence-corrected chi connectivity index (χ1v) is 6.90. The molecular formula is C18H20O3. The van der Waals surface area contributed by atoms with Crippen molar-refractivity contribution >= 4 is 6.16 Å². The maximum Gasteiger partial charge on any atom is 0.511 e. The zero-order valence-corrected chi connectivity index (χ0v) is 12.8. The number of ether oxygens (including phenoxy) is 1. The zero-order chi connectivity index (χ0) is 15.6. The monoisotopic (exact) mass is 284 g/mol. The highest BCUT2D eigenvalue weighted by Gasteiger charge is 2.15. The van der Waals surface area contributed by atoms with Gasteiger partial charge in [0, 0.05) is 5.56 Å². The molecule has 0 atom stereocenters. The van der Waals surface area contributed by atoms with Crippen molar-refractivity contribution in [2.75, 3.05) is 0 Å². The van der Waals surface area contributed by atoms with Crippen LogP contribution in [0.1, 0.15) is 31.9 Å². The van der Waals surface area contributed by atoms with Crippen molar-refractivity contribution in [3.8, 4) is 16.9 Å². The third-order valence-corrected chi connectivity index (χ3v) is 3.47. The predicted octanol–water partition coefficient (Wildman–Crippen LogP) is 5.02. The molecule has 3 nitrogen and oxygen atoms in total. The van der Waals surface area contributed by atoms with E-state index in [2.05, 4.69) is 32.9 Å².